The molecule has 4 heteroatoms. The highest BCUT2D eigenvalue weighted by Gasteiger charge is 2.01. The van der Waals surface area contributed by atoms with Gasteiger partial charge in [-0.1, -0.05) is 36.5 Å². The second-order valence-corrected chi connectivity index (χ2v) is 4.47. The molecule has 98 valence electrons. The van der Waals surface area contributed by atoms with Crippen LogP contribution in [-0.4, -0.2) is 12.1 Å². The summed E-state index contributed by atoms with van der Waals surface area (Å²) in [4.78, 5) is 0.392. The normalized spacial score (nSPS) is 9.95. The Labute approximate surface area is 118 Å². The van der Waals surface area contributed by atoms with E-state index >= 15 is 0 Å². The molecule has 0 aliphatic carbocycles. The molecule has 19 heavy (non-hydrogen) atoms. The van der Waals surface area contributed by atoms with E-state index in [-0.39, 0.29) is 0 Å². The Balaban J connectivity index is 2.05. The smallest absolute Gasteiger partial charge is 0.123 e. The van der Waals surface area contributed by atoms with Crippen molar-refractivity contribution in [2.75, 3.05) is 7.11 Å². The van der Waals surface area contributed by atoms with Crippen LogP contribution in [0.5, 0.6) is 11.5 Å². The third-order valence-electron chi connectivity index (χ3n) is 2.66. The summed E-state index contributed by atoms with van der Waals surface area (Å²) in [7, 11) is 1.63. The summed E-state index contributed by atoms with van der Waals surface area (Å²) in [6.45, 7) is 0.462. The first-order valence-corrected chi connectivity index (χ1v) is 6.25. The van der Waals surface area contributed by atoms with Crippen molar-refractivity contribution >= 4 is 17.2 Å². The third-order valence-corrected chi connectivity index (χ3v) is 2.89. The van der Waals surface area contributed by atoms with E-state index in [1.54, 1.807) is 7.11 Å². The molecule has 0 unspecified atom stereocenters. The highest BCUT2D eigenvalue weighted by Crippen LogP contribution is 2.20. The van der Waals surface area contributed by atoms with Crippen LogP contribution in [0.2, 0.25) is 0 Å². The van der Waals surface area contributed by atoms with Crippen molar-refractivity contribution in [2.45, 2.75) is 6.61 Å². The zero-order valence-electron chi connectivity index (χ0n) is 10.6. The molecule has 2 N–H and O–H groups in total. The molecular weight excluding hydrogens is 258 g/mol. The van der Waals surface area contributed by atoms with Crippen LogP contribution in [0.25, 0.3) is 0 Å². The van der Waals surface area contributed by atoms with Gasteiger partial charge in [0.25, 0.3) is 0 Å². The van der Waals surface area contributed by atoms with Gasteiger partial charge in [-0.2, -0.15) is 0 Å². The number of benzene rings is 2. The quantitative estimate of drug-likeness (QED) is 0.851. The fourth-order valence-corrected chi connectivity index (χ4v) is 1.80. The molecule has 2 aromatic rings. The third kappa shape index (κ3) is 3.69. The van der Waals surface area contributed by atoms with Crippen molar-refractivity contribution in [3.63, 3.8) is 0 Å². The van der Waals surface area contributed by atoms with Gasteiger partial charge in [0.1, 0.15) is 23.1 Å². The molecule has 0 fully saturated rings. The number of hydrogen-bond acceptors (Lipinski definition) is 3. The molecule has 0 aliphatic heterocycles. The van der Waals surface area contributed by atoms with Crippen LogP contribution in [0.4, 0.5) is 0 Å². The van der Waals surface area contributed by atoms with E-state index < -0.39 is 0 Å². The Hall–Kier alpha value is -2.07. The Kier molecular flexibility index (Phi) is 4.36. The number of hydrogen-bond donors (Lipinski definition) is 1. The minimum Gasteiger partial charge on any atom is -0.497 e. The van der Waals surface area contributed by atoms with Gasteiger partial charge in [-0.25, -0.2) is 0 Å². The standard InChI is InChI=1S/C15H15NO2S/c1-17-13-6-3-7-14(9-13)18-10-11-4-2-5-12(8-11)15(16)19/h2-9H,10H2,1H3,(H2,16,19). The molecule has 0 amide bonds. The van der Waals surface area contributed by atoms with Gasteiger partial charge >= 0.3 is 0 Å². The predicted molar refractivity (Wildman–Crippen MR) is 79.7 cm³/mol. The Morgan fingerprint density at radius 1 is 1.11 bits per heavy atom. The number of thiocarbonyl (C=S) groups is 1. The van der Waals surface area contributed by atoms with Crippen molar-refractivity contribution in [1.29, 1.82) is 0 Å². The largest absolute Gasteiger partial charge is 0.497 e. The van der Waals surface area contributed by atoms with Crippen LogP contribution in [0.3, 0.4) is 0 Å². The van der Waals surface area contributed by atoms with Gasteiger partial charge in [-0.3, -0.25) is 0 Å². The molecule has 2 rings (SSSR count). The van der Waals surface area contributed by atoms with Gasteiger partial charge in [0.05, 0.1) is 7.11 Å². The Morgan fingerprint density at radius 2 is 1.84 bits per heavy atom. The van der Waals surface area contributed by atoms with Gasteiger partial charge in [0.2, 0.25) is 0 Å². The lowest BCUT2D eigenvalue weighted by Crippen LogP contribution is -2.09. The van der Waals surface area contributed by atoms with Gasteiger partial charge < -0.3 is 15.2 Å². The van der Waals surface area contributed by atoms with Crippen LogP contribution in [0.1, 0.15) is 11.1 Å². The van der Waals surface area contributed by atoms with E-state index in [0.29, 0.717) is 11.6 Å². The molecule has 0 aromatic heterocycles. The monoisotopic (exact) mass is 273 g/mol. The minimum atomic E-state index is 0.392. The number of methoxy groups -OCH3 is 1. The average Bonchev–Trinajstić information content (AvgIpc) is 2.45. The lowest BCUT2D eigenvalue weighted by atomic mass is 10.1. The second kappa shape index (κ2) is 6.20. The molecule has 0 saturated heterocycles. The average molecular weight is 273 g/mol. The van der Waals surface area contributed by atoms with E-state index in [1.807, 2.05) is 48.5 Å². The summed E-state index contributed by atoms with van der Waals surface area (Å²) in [5.41, 5.74) is 7.47. The lowest BCUT2D eigenvalue weighted by molar-refractivity contribution is 0.303. The first kappa shape index (κ1) is 13.4. The second-order valence-electron chi connectivity index (χ2n) is 4.03. The summed E-state index contributed by atoms with van der Waals surface area (Å²) >= 11 is 4.95. The van der Waals surface area contributed by atoms with Crippen LogP contribution >= 0.6 is 12.2 Å². The van der Waals surface area contributed by atoms with Crippen LogP contribution < -0.4 is 15.2 Å². The molecule has 0 saturated carbocycles. The predicted octanol–water partition coefficient (Wildman–Crippen LogP) is 2.91. The van der Waals surface area contributed by atoms with Gasteiger partial charge in [-0.15, -0.1) is 0 Å². The van der Waals surface area contributed by atoms with Crippen LogP contribution in [0, 0.1) is 0 Å². The molecule has 0 bridgehead atoms. The molecule has 2 aromatic carbocycles. The maximum absolute atomic E-state index is 5.71. The number of ether oxygens (including phenoxy) is 2. The summed E-state index contributed by atoms with van der Waals surface area (Å²) in [6.07, 6.45) is 0. The van der Waals surface area contributed by atoms with Crippen LogP contribution in [-0.2, 0) is 6.61 Å². The Morgan fingerprint density at radius 3 is 2.58 bits per heavy atom. The van der Waals surface area contributed by atoms with E-state index in [0.717, 1.165) is 22.6 Å². The SMILES string of the molecule is COc1cccc(OCc2cccc(C(N)=S)c2)c1. The van der Waals surface area contributed by atoms with E-state index in [2.05, 4.69) is 0 Å². The number of nitrogens with two attached hydrogens (primary N) is 1. The van der Waals surface area contributed by atoms with E-state index in [4.69, 9.17) is 27.4 Å². The minimum absolute atomic E-state index is 0.392. The summed E-state index contributed by atoms with van der Waals surface area (Å²) in [5, 5.41) is 0. The molecule has 0 atom stereocenters. The van der Waals surface area contributed by atoms with E-state index in [1.165, 1.54) is 0 Å². The molecule has 0 aliphatic rings. The molecule has 0 spiro atoms. The Bertz CT molecular complexity index is 584. The van der Waals surface area contributed by atoms with Crippen molar-refractivity contribution in [3.8, 4) is 11.5 Å². The highest BCUT2D eigenvalue weighted by atomic mass is 32.1. The summed E-state index contributed by atoms with van der Waals surface area (Å²) in [6, 6.07) is 15.2. The fourth-order valence-electron chi connectivity index (χ4n) is 1.67. The zero-order chi connectivity index (χ0) is 13.7. The van der Waals surface area contributed by atoms with Crippen molar-refractivity contribution < 1.29 is 9.47 Å². The van der Waals surface area contributed by atoms with Crippen molar-refractivity contribution in [1.82, 2.24) is 0 Å². The maximum atomic E-state index is 5.71. The first-order chi connectivity index (χ1) is 9.19. The lowest BCUT2D eigenvalue weighted by Gasteiger charge is -2.08. The van der Waals surface area contributed by atoms with Gasteiger partial charge in [0, 0.05) is 11.6 Å². The van der Waals surface area contributed by atoms with Crippen molar-refractivity contribution in [2.24, 2.45) is 5.73 Å². The summed E-state index contributed by atoms with van der Waals surface area (Å²) < 4.78 is 10.8. The molecule has 0 heterocycles. The molecular formula is C15H15NO2S. The highest BCUT2D eigenvalue weighted by molar-refractivity contribution is 7.80. The van der Waals surface area contributed by atoms with Crippen molar-refractivity contribution in [3.05, 3.63) is 59.7 Å². The first-order valence-electron chi connectivity index (χ1n) is 5.84. The molecule has 0 radical (unpaired) electrons. The van der Waals surface area contributed by atoms with Crippen LogP contribution in [0.15, 0.2) is 48.5 Å². The summed E-state index contributed by atoms with van der Waals surface area (Å²) in [5.74, 6) is 1.54. The zero-order valence-corrected chi connectivity index (χ0v) is 11.4. The molecule has 3 nitrogen and oxygen atoms in total. The van der Waals surface area contributed by atoms with Gasteiger partial charge in [-0.05, 0) is 23.8 Å². The fraction of sp³-hybridized carbons (Fsp3) is 0.133. The van der Waals surface area contributed by atoms with E-state index in [9.17, 15) is 0 Å². The maximum Gasteiger partial charge on any atom is 0.123 e. The number of rotatable bonds is 5. The van der Waals surface area contributed by atoms with Gasteiger partial charge in [0.15, 0.2) is 0 Å². The topological polar surface area (TPSA) is 44.5 Å².